The average molecular weight is 360 g/mol. The second-order valence-corrected chi connectivity index (χ2v) is 5.65. The molecule has 5 heteroatoms. The van der Waals surface area contributed by atoms with Gasteiger partial charge in [0.25, 0.3) is 0 Å². The standard InChI is InChI=1S/C22H16O5/c1-26-17-13-11-15(12-14-17)20(23)18-9-5-6-10-19(18)22(25)27-21(24)16-7-3-2-4-8-16/h2-14H,1H3. The molecule has 3 aromatic carbocycles. The molecule has 0 fully saturated rings. The fourth-order valence-electron chi connectivity index (χ4n) is 2.53. The van der Waals surface area contributed by atoms with Crippen LogP contribution in [0.5, 0.6) is 5.75 Å². The topological polar surface area (TPSA) is 69.7 Å². The van der Waals surface area contributed by atoms with Crippen molar-refractivity contribution in [3.63, 3.8) is 0 Å². The van der Waals surface area contributed by atoms with E-state index in [4.69, 9.17) is 9.47 Å². The van der Waals surface area contributed by atoms with Crippen LogP contribution in [-0.4, -0.2) is 24.8 Å². The third kappa shape index (κ3) is 4.10. The van der Waals surface area contributed by atoms with Gasteiger partial charge in [-0.15, -0.1) is 0 Å². The third-order valence-corrected chi connectivity index (χ3v) is 3.94. The Morgan fingerprint density at radius 2 is 1.22 bits per heavy atom. The van der Waals surface area contributed by atoms with Crippen molar-refractivity contribution >= 4 is 17.7 Å². The lowest BCUT2D eigenvalue weighted by atomic mass is 9.98. The van der Waals surface area contributed by atoms with Crippen molar-refractivity contribution in [2.45, 2.75) is 0 Å². The summed E-state index contributed by atoms with van der Waals surface area (Å²) in [5.41, 5.74) is 0.839. The average Bonchev–Trinajstić information content (AvgIpc) is 2.73. The highest BCUT2D eigenvalue weighted by Crippen LogP contribution is 2.19. The first-order valence-corrected chi connectivity index (χ1v) is 8.19. The molecule has 0 aliphatic heterocycles. The maximum Gasteiger partial charge on any atom is 0.346 e. The van der Waals surface area contributed by atoms with E-state index in [2.05, 4.69) is 0 Å². The SMILES string of the molecule is COc1ccc(C(=O)c2ccccc2C(=O)OC(=O)c2ccccc2)cc1. The number of ether oxygens (including phenoxy) is 2. The summed E-state index contributed by atoms with van der Waals surface area (Å²) < 4.78 is 10.0. The van der Waals surface area contributed by atoms with Gasteiger partial charge in [0.2, 0.25) is 0 Å². The molecule has 134 valence electrons. The molecule has 0 N–H and O–H groups in total. The zero-order valence-corrected chi connectivity index (χ0v) is 14.5. The van der Waals surface area contributed by atoms with Crippen LogP contribution in [0, 0.1) is 0 Å². The number of esters is 2. The summed E-state index contributed by atoms with van der Waals surface area (Å²) in [6.45, 7) is 0. The molecule has 0 amide bonds. The Hall–Kier alpha value is -3.73. The quantitative estimate of drug-likeness (QED) is 0.392. The van der Waals surface area contributed by atoms with Crippen LogP contribution in [0.4, 0.5) is 0 Å². The van der Waals surface area contributed by atoms with Crippen molar-refractivity contribution in [3.05, 3.63) is 101 Å². The summed E-state index contributed by atoms with van der Waals surface area (Å²) in [5, 5.41) is 0. The van der Waals surface area contributed by atoms with Crippen molar-refractivity contribution < 1.29 is 23.9 Å². The molecule has 0 aliphatic rings. The monoisotopic (exact) mass is 360 g/mol. The van der Waals surface area contributed by atoms with Crippen molar-refractivity contribution in [3.8, 4) is 5.75 Å². The maximum atomic E-state index is 12.8. The summed E-state index contributed by atoms with van der Waals surface area (Å²) in [5.74, 6) is -1.38. The van der Waals surface area contributed by atoms with Crippen LogP contribution in [0.2, 0.25) is 0 Å². The van der Waals surface area contributed by atoms with E-state index >= 15 is 0 Å². The number of hydrogen-bond donors (Lipinski definition) is 0. The molecule has 5 nitrogen and oxygen atoms in total. The zero-order valence-electron chi connectivity index (χ0n) is 14.5. The molecule has 0 aliphatic carbocycles. The molecule has 0 saturated carbocycles. The van der Waals surface area contributed by atoms with Crippen LogP contribution in [0.1, 0.15) is 36.6 Å². The van der Waals surface area contributed by atoms with Gasteiger partial charge in [0, 0.05) is 11.1 Å². The van der Waals surface area contributed by atoms with Crippen LogP contribution in [0.25, 0.3) is 0 Å². The van der Waals surface area contributed by atoms with E-state index in [0.29, 0.717) is 11.3 Å². The fraction of sp³-hybridized carbons (Fsp3) is 0.0455. The third-order valence-electron chi connectivity index (χ3n) is 3.94. The largest absolute Gasteiger partial charge is 0.497 e. The Kier molecular flexibility index (Phi) is 5.42. The first kappa shape index (κ1) is 18.1. The van der Waals surface area contributed by atoms with E-state index in [0.717, 1.165) is 0 Å². The number of ketones is 1. The maximum absolute atomic E-state index is 12.8. The zero-order chi connectivity index (χ0) is 19.2. The van der Waals surface area contributed by atoms with E-state index in [1.54, 1.807) is 66.7 Å². The Morgan fingerprint density at radius 3 is 1.85 bits per heavy atom. The highest BCUT2D eigenvalue weighted by molar-refractivity contribution is 6.15. The van der Waals surface area contributed by atoms with Gasteiger partial charge in [0.05, 0.1) is 18.2 Å². The molecular formula is C22H16O5. The van der Waals surface area contributed by atoms with Gasteiger partial charge in [-0.2, -0.15) is 0 Å². The summed E-state index contributed by atoms with van der Waals surface area (Å²) >= 11 is 0. The van der Waals surface area contributed by atoms with Gasteiger partial charge in [0.15, 0.2) is 5.78 Å². The van der Waals surface area contributed by atoms with Gasteiger partial charge < -0.3 is 9.47 Å². The number of carbonyl (C=O) groups is 3. The molecule has 3 rings (SSSR count). The predicted octanol–water partition coefficient (Wildman–Crippen LogP) is 3.92. The van der Waals surface area contributed by atoms with Gasteiger partial charge in [-0.05, 0) is 42.5 Å². The van der Waals surface area contributed by atoms with Crippen LogP contribution in [0.15, 0.2) is 78.9 Å². The van der Waals surface area contributed by atoms with E-state index in [1.165, 1.54) is 19.2 Å². The molecule has 0 heterocycles. The van der Waals surface area contributed by atoms with Gasteiger partial charge in [-0.3, -0.25) is 4.79 Å². The Bertz CT molecular complexity index is 975. The molecule has 0 bridgehead atoms. The molecule has 27 heavy (non-hydrogen) atoms. The first-order chi connectivity index (χ1) is 13.1. The second-order valence-electron chi connectivity index (χ2n) is 5.65. The highest BCUT2D eigenvalue weighted by atomic mass is 16.6. The second kappa shape index (κ2) is 8.10. The van der Waals surface area contributed by atoms with Gasteiger partial charge in [0.1, 0.15) is 5.75 Å². The van der Waals surface area contributed by atoms with Gasteiger partial charge >= 0.3 is 11.9 Å². The first-order valence-electron chi connectivity index (χ1n) is 8.19. The van der Waals surface area contributed by atoms with Crippen molar-refractivity contribution in [2.24, 2.45) is 0 Å². The highest BCUT2D eigenvalue weighted by Gasteiger charge is 2.21. The van der Waals surface area contributed by atoms with Crippen molar-refractivity contribution in [2.75, 3.05) is 7.11 Å². The van der Waals surface area contributed by atoms with Crippen LogP contribution < -0.4 is 4.74 Å². The summed E-state index contributed by atoms with van der Waals surface area (Å²) in [7, 11) is 1.53. The minimum atomic E-state index is -0.874. The molecule has 0 spiro atoms. The minimum Gasteiger partial charge on any atom is -0.497 e. The number of benzene rings is 3. The van der Waals surface area contributed by atoms with Crippen LogP contribution in [-0.2, 0) is 4.74 Å². The fourth-order valence-corrected chi connectivity index (χ4v) is 2.53. The van der Waals surface area contributed by atoms with E-state index < -0.39 is 11.9 Å². The lowest BCUT2D eigenvalue weighted by molar-refractivity contribution is 0.0396. The Balaban J connectivity index is 1.85. The van der Waals surface area contributed by atoms with Crippen LogP contribution in [0.3, 0.4) is 0 Å². The number of carbonyl (C=O) groups excluding carboxylic acids is 3. The van der Waals surface area contributed by atoms with E-state index in [9.17, 15) is 14.4 Å². The Labute approximate surface area is 156 Å². The number of rotatable bonds is 5. The molecular weight excluding hydrogens is 344 g/mol. The predicted molar refractivity (Wildman–Crippen MR) is 99.1 cm³/mol. The molecule has 3 aromatic rings. The lowest BCUT2D eigenvalue weighted by Gasteiger charge is -2.09. The molecule has 0 atom stereocenters. The summed E-state index contributed by atoms with van der Waals surface area (Å²) in [4.78, 5) is 37.4. The minimum absolute atomic E-state index is 0.0302. The smallest absolute Gasteiger partial charge is 0.346 e. The van der Waals surface area contributed by atoms with Gasteiger partial charge in [-0.1, -0.05) is 36.4 Å². The molecule has 0 aromatic heterocycles. The van der Waals surface area contributed by atoms with Gasteiger partial charge in [-0.25, -0.2) is 9.59 Å². The summed E-state index contributed by atoms with van der Waals surface area (Å²) in [6.07, 6.45) is 0. The number of methoxy groups -OCH3 is 1. The Morgan fingerprint density at radius 1 is 0.630 bits per heavy atom. The van der Waals surface area contributed by atoms with Crippen molar-refractivity contribution in [1.82, 2.24) is 0 Å². The number of hydrogen-bond acceptors (Lipinski definition) is 5. The molecule has 0 saturated heterocycles. The van der Waals surface area contributed by atoms with Crippen LogP contribution >= 0.6 is 0 Å². The molecule has 0 unspecified atom stereocenters. The normalized spacial score (nSPS) is 10.1. The van der Waals surface area contributed by atoms with E-state index in [-0.39, 0.29) is 22.5 Å². The van der Waals surface area contributed by atoms with E-state index in [1.807, 2.05) is 0 Å². The summed E-state index contributed by atoms with van der Waals surface area (Å²) in [6, 6.07) is 20.9. The molecule has 0 radical (unpaired) electrons. The lowest BCUT2D eigenvalue weighted by Crippen LogP contribution is -2.16. The van der Waals surface area contributed by atoms with Crippen molar-refractivity contribution in [1.29, 1.82) is 0 Å².